The number of aromatic nitrogens is 1. The van der Waals surface area contributed by atoms with Crippen LogP contribution in [-0.4, -0.2) is 59.0 Å². The second-order valence-corrected chi connectivity index (χ2v) is 8.00. The van der Waals surface area contributed by atoms with E-state index in [0.717, 1.165) is 38.4 Å². The van der Waals surface area contributed by atoms with Gasteiger partial charge in [0.05, 0.1) is 17.6 Å². The van der Waals surface area contributed by atoms with Crippen molar-refractivity contribution in [2.75, 3.05) is 31.5 Å². The third-order valence-corrected chi connectivity index (χ3v) is 5.94. The quantitative estimate of drug-likeness (QED) is 0.840. The number of carbonyl (C=O) groups excluding carboxylic acids is 1. The SMILES string of the molecule is C[C@@H]1CCCN1C(=O)CN1CC[C@H](Nc2ccnc3c(C(F)(F)F)cccc23)C1. The molecule has 29 heavy (non-hydrogen) atoms. The molecule has 0 unspecified atom stereocenters. The Morgan fingerprint density at radius 3 is 2.79 bits per heavy atom. The second kappa shape index (κ2) is 7.82. The Balaban J connectivity index is 1.44. The molecule has 1 N–H and O–H groups in total. The molecule has 0 aliphatic carbocycles. The Morgan fingerprint density at radius 1 is 1.24 bits per heavy atom. The first-order chi connectivity index (χ1) is 13.8. The van der Waals surface area contributed by atoms with Crippen molar-refractivity contribution >= 4 is 22.5 Å². The normalized spacial score (nSPS) is 23.1. The van der Waals surface area contributed by atoms with Crippen molar-refractivity contribution in [3.8, 4) is 0 Å². The van der Waals surface area contributed by atoms with Crippen molar-refractivity contribution in [2.24, 2.45) is 0 Å². The number of anilines is 1. The van der Waals surface area contributed by atoms with E-state index in [1.54, 1.807) is 12.1 Å². The van der Waals surface area contributed by atoms with Crippen molar-refractivity contribution in [2.45, 2.75) is 44.4 Å². The van der Waals surface area contributed by atoms with E-state index in [-0.39, 0.29) is 17.5 Å². The van der Waals surface area contributed by atoms with E-state index in [2.05, 4.69) is 22.1 Å². The van der Waals surface area contributed by atoms with E-state index in [0.29, 0.717) is 30.2 Å². The maximum Gasteiger partial charge on any atom is 0.418 e. The third kappa shape index (κ3) is 4.17. The van der Waals surface area contributed by atoms with Gasteiger partial charge in [-0.25, -0.2) is 0 Å². The molecule has 4 rings (SSSR count). The standard InChI is InChI=1S/C21H25F3N4O/c1-14-4-3-10-28(14)19(29)13-27-11-8-15(12-27)26-18-7-9-25-20-16(18)5-2-6-17(20)21(22,23)24/h2,5-7,9,14-15H,3-4,8,10-13H2,1H3,(H,25,26)/t14-,15+/m1/s1. The molecule has 8 heteroatoms. The van der Waals surface area contributed by atoms with Crippen molar-refractivity contribution in [1.82, 2.24) is 14.8 Å². The predicted octanol–water partition coefficient (Wildman–Crippen LogP) is 3.75. The van der Waals surface area contributed by atoms with Gasteiger partial charge in [-0.3, -0.25) is 14.7 Å². The van der Waals surface area contributed by atoms with Crippen LogP contribution >= 0.6 is 0 Å². The van der Waals surface area contributed by atoms with Gasteiger partial charge in [0.25, 0.3) is 0 Å². The van der Waals surface area contributed by atoms with Gasteiger partial charge >= 0.3 is 6.18 Å². The van der Waals surface area contributed by atoms with Crippen LogP contribution in [0.2, 0.25) is 0 Å². The highest BCUT2D eigenvalue weighted by molar-refractivity contribution is 5.93. The van der Waals surface area contributed by atoms with Gasteiger partial charge in [0.15, 0.2) is 0 Å². The van der Waals surface area contributed by atoms with Crippen LogP contribution < -0.4 is 5.32 Å². The lowest BCUT2D eigenvalue weighted by Gasteiger charge is -2.25. The minimum atomic E-state index is -4.44. The molecule has 156 valence electrons. The van der Waals surface area contributed by atoms with E-state index in [1.807, 2.05) is 4.90 Å². The highest BCUT2D eigenvalue weighted by Crippen LogP contribution is 2.36. The molecule has 1 amide bonds. The molecule has 0 radical (unpaired) electrons. The fourth-order valence-corrected chi connectivity index (χ4v) is 4.43. The summed E-state index contributed by atoms with van der Waals surface area (Å²) in [5.41, 5.74) is -0.123. The van der Waals surface area contributed by atoms with Crippen LogP contribution in [0.5, 0.6) is 0 Å². The third-order valence-electron chi connectivity index (χ3n) is 5.94. The van der Waals surface area contributed by atoms with Gasteiger partial charge in [0, 0.05) is 49.0 Å². The molecule has 2 aromatic rings. The Bertz CT molecular complexity index is 901. The lowest BCUT2D eigenvalue weighted by molar-refractivity contribution is -0.136. The van der Waals surface area contributed by atoms with Crippen LogP contribution in [0.15, 0.2) is 30.5 Å². The zero-order chi connectivity index (χ0) is 20.6. The number of fused-ring (bicyclic) bond motifs is 1. The van der Waals surface area contributed by atoms with Crippen LogP contribution in [-0.2, 0) is 11.0 Å². The summed E-state index contributed by atoms with van der Waals surface area (Å²) in [4.78, 5) is 20.6. The monoisotopic (exact) mass is 406 g/mol. The predicted molar refractivity (Wildman–Crippen MR) is 106 cm³/mol. The summed E-state index contributed by atoms with van der Waals surface area (Å²) in [6, 6.07) is 6.23. The fraction of sp³-hybridized carbons (Fsp3) is 0.524. The first kappa shape index (κ1) is 19.9. The summed E-state index contributed by atoms with van der Waals surface area (Å²) in [7, 11) is 0. The molecule has 0 spiro atoms. The molecule has 2 atom stereocenters. The fourth-order valence-electron chi connectivity index (χ4n) is 4.43. The Morgan fingerprint density at radius 2 is 2.07 bits per heavy atom. The first-order valence-corrected chi connectivity index (χ1v) is 10.1. The number of hydrogen-bond donors (Lipinski definition) is 1. The van der Waals surface area contributed by atoms with Crippen LogP contribution in [0.4, 0.5) is 18.9 Å². The second-order valence-electron chi connectivity index (χ2n) is 8.00. The van der Waals surface area contributed by atoms with E-state index >= 15 is 0 Å². The Labute approximate surface area is 167 Å². The average molecular weight is 406 g/mol. The number of alkyl halides is 3. The minimum Gasteiger partial charge on any atom is -0.380 e. The molecule has 0 saturated carbocycles. The van der Waals surface area contributed by atoms with E-state index < -0.39 is 11.7 Å². The minimum absolute atomic E-state index is 0.0435. The van der Waals surface area contributed by atoms with Crippen molar-refractivity contribution in [3.63, 3.8) is 0 Å². The maximum absolute atomic E-state index is 13.3. The number of likely N-dealkylation sites (tertiary alicyclic amines) is 2. The number of halogens is 3. The van der Waals surface area contributed by atoms with Crippen molar-refractivity contribution < 1.29 is 18.0 Å². The van der Waals surface area contributed by atoms with E-state index in [4.69, 9.17) is 0 Å². The Kier molecular flexibility index (Phi) is 5.38. The molecule has 2 aliphatic rings. The molecule has 3 heterocycles. The molecular formula is C21H25F3N4O. The summed E-state index contributed by atoms with van der Waals surface area (Å²) < 4.78 is 39.8. The van der Waals surface area contributed by atoms with Gasteiger partial charge in [0.2, 0.25) is 5.91 Å². The first-order valence-electron chi connectivity index (χ1n) is 10.1. The maximum atomic E-state index is 13.3. The van der Waals surface area contributed by atoms with Gasteiger partial charge < -0.3 is 10.2 Å². The van der Waals surface area contributed by atoms with Gasteiger partial charge in [-0.2, -0.15) is 13.2 Å². The highest BCUT2D eigenvalue weighted by atomic mass is 19.4. The van der Waals surface area contributed by atoms with Crippen molar-refractivity contribution in [3.05, 3.63) is 36.0 Å². The lowest BCUT2D eigenvalue weighted by Crippen LogP contribution is -2.41. The summed E-state index contributed by atoms with van der Waals surface area (Å²) >= 11 is 0. The Hall–Kier alpha value is -2.35. The molecule has 2 fully saturated rings. The number of para-hydroxylation sites is 1. The topological polar surface area (TPSA) is 48.5 Å². The van der Waals surface area contributed by atoms with Crippen LogP contribution in [0.25, 0.3) is 10.9 Å². The molecule has 2 saturated heterocycles. The van der Waals surface area contributed by atoms with Crippen LogP contribution in [0, 0.1) is 0 Å². The average Bonchev–Trinajstić information content (AvgIpc) is 3.29. The molecule has 1 aromatic carbocycles. The summed E-state index contributed by atoms with van der Waals surface area (Å²) in [5.74, 6) is 0.167. The summed E-state index contributed by atoms with van der Waals surface area (Å²) in [6.45, 7) is 4.81. The molecular weight excluding hydrogens is 381 g/mol. The highest BCUT2D eigenvalue weighted by Gasteiger charge is 2.34. The zero-order valence-electron chi connectivity index (χ0n) is 16.4. The summed E-state index contributed by atoms with van der Waals surface area (Å²) in [5, 5.41) is 3.83. The zero-order valence-corrected chi connectivity index (χ0v) is 16.4. The smallest absolute Gasteiger partial charge is 0.380 e. The molecule has 5 nitrogen and oxygen atoms in total. The lowest BCUT2D eigenvalue weighted by atomic mass is 10.1. The number of nitrogens with one attached hydrogen (secondary N) is 1. The van der Waals surface area contributed by atoms with E-state index in [9.17, 15) is 18.0 Å². The molecule has 0 bridgehead atoms. The van der Waals surface area contributed by atoms with Gasteiger partial charge in [-0.15, -0.1) is 0 Å². The van der Waals surface area contributed by atoms with E-state index in [1.165, 1.54) is 12.3 Å². The van der Waals surface area contributed by atoms with Crippen LogP contribution in [0.3, 0.4) is 0 Å². The molecule has 1 aromatic heterocycles. The van der Waals surface area contributed by atoms with Gasteiger partial charge in [-0.05, 0) is 38.3 Å². The van der Waals surface area contributed by atoms with Gasteiger partial charge in [-0.1, -0.05) is 12.1 Å². The number of amides is 1. The molecule has 2 aliphatic heterocycles. The van der Waals surface area contributed by atoms with Crippen LogP contribution in [0.1, 0.15) is 31.7 Å². The summed E-state index contributed by atoms with van der Waals surface area (Å²) in [6.07, 6.45) is -0.0735. The number of pyridine rings is 1. The number of carbonyl (C=O) groups is 1. The number of nitrogens with zero attached hydrogens (tertiary/aromatic N) is 3. The number of hydrogen-bond acceptors (Lipinski definition) is 4. The largest absolute Gasteiger partial charge is 0.418 e. The van der Waals surface area contributed by atoms with Crippen molar-refractivity contribution in [1.29, 1.82) is 0 Å². The van der Waals surface area contributed by atoms with Gasteiger partial charge in [0.1, 0.15) is 0 Å². The number of rotatable bonds is 4. The number of benzene rings is 1.